The summed E-state index contributed by atoms with van der Waals surface area (Å²) in [6, 6.07) is 7.10. The molecule has 10 nitrogen and oxygen atoms in total. The highest BCUT2D eigenvalue weighted by Crippen LogP contribution is 2.38. The lowest BCUT2D eigenvalue weighted by Gasteiger charge is -2.20. The number of hydrogen-bond acceptors (Lipinski definition) is 9. The highest BCUT2D eigenvalue weighted by Gasteiger charge is 2.19. The van der Waals surface area contributed by atoms with Crippen molar-refractivity contribution in [2.75, 3.05) is 32.8 Å². The number of nitrogens with zero attached hydrogens (tertiary/aromatic N) is 3. The number of nitrogens with one attached hydrogen (secondary N) is 2. The first kappa shape index (κ1) is 18.9. The summed E-state index contributed by atoms with van der Waals surface area (Å²) in [5.74, 6) is 2.49. The zero-order chi connectivity index (χ0) is 21.5. The number of fused-ring (bicyclic) bond motifs is 4. The van der Waals surface area contributed by atoms with Crippen molar-refractivity contribution < 1.29 is 18.9 Å². The fourth-order valence-corrected chi connectivity index (χ4v) is 3.60. The van der Waals surface area contributed by atoms with E-state index in [0.29, 0.717) is 52.6 Å². The Morgan fingerprint density at radius 2 is 1.74 bits per heavy atom. The van der Waals surface area contributed by atoms with E-state index in [1.165, 1.54) is 14.2 Å². The summed E-state index contributed by atoms with van der Waals surface area (Å²) < 4.78 is 22.1. The van der Waals surface area contributed by atoms with Gasteiger partial charge in [0.1, 0.15) is 41.1 Å². The fraction of sp³-hybridized carbons (Fsp3) is 0.238. The Morgan fingerprint density at radius 1 is 0.968 bits per heavy atom. The third-order valence-corrected chi connectivity index (χ3v) is 5.02. The molecule has 158 valence electrons. The molecule has 31 heavy (non-hydrogen) atoms. The molecule has 3 heterocycles. The SMILES string of the molecule is COc1ccc(OC)c2c(=O)[nH]c(Nc3nc(C)c4ccc5c(c4n3)OCCO5)nc12. The molecule has 2 aromatic heterocycles. The molecule has 0 saturated carbocycles. The molecule has 1 aliphatic rings. The lowest BCUT2D eigenvalue weighted by Crippen LogP contribution is -2.16. The van der Waals surface area contributed by atoms with Gasteiger partial charge in [-0.15, -0.1) is 0 Å². The van der Waals surface area contributed by atoms with E-state index in [2.05, 4.69) is 25.3 Å². The zero-order valence-corrected chi connectivity index (χ0v) is 17.1. The van der Waals surface area contributed by atoms with Gasteiger partial charge in [0, 0.05) is 5.39 Å². The van der Waals surface area contributed by atoms with E-state index >= 15 is 0 Å². The Hall–Kier alpha value is -4.08. The number of hydrogen-bond donors (Lipinski definition) is 2. The lowest BCUT2D eigenvalue weighted by molar-refractivity contribution is 0.173. The van der Waals surface area contributed by atoms with Gasteiger partial charge in [-0.2, -0.15) is 0 Å². The third-order valence-electron chi connectivity index (χ3n) is 5.02. The molecule has 0 atom stereocenters. The van der Waals surface area contributed by atoms with Crippen molar-refractivity contribution in [2.24, 2.45) is 0 Å². The summed E-state index contributed by atoms with van der Waals surface area (Å²) in [6.07, 6.45) is 0. The molecule has 2 N–H and O–H groups in total. The Bertz CT molecular complexity index is 1380. The van der Waals surface area contributed by atoms with Gasteiger partial charge in [0.25, 0.3) is 5.56 Å². The van der Waals surface area contributed by atoms with E-state index in [0.717, 1.165) is 11.1 Å². The topological polar surface area (TPSA) is 120 Å². The maximum atomic E-state index is 12.8. The molecule has 0 amide bonds. The molecule has 10 heteroatoms. The van der Waals surface area contributed by atoms with Crippen molar-refractivity contribution >= 4 is 33.7 Å². The number of methoxy groups -OCH3 is 2. The summed E-state index contributed by atoms with van der Waals surface area (Å²) in [5, 5.41) is 4.13. The van der Waals surface area contributed by atoms with E-state index < -0.39 is 0 Å². The van der Waals surface area contributed by atoms with Crippen LogP contribution in [0.1, 0.15) is 5.69 Å². The van der Waals surface area contributed by atoms with Crippen molar-refractivity contribution in [1.82, 2.24) is 19.9 Å². The van der Waals surface area contributed by atoms with Crippen molar-refractivity contribution in [3.8, 4) is 23.0 Å². The van der Waals surface area contributed by atoms with Crippen LogP contribution in [0.5, 0.6) is 23.0 Å². The summed E-state index contributed by atoms with van der Waals surface area (Å²) in [4.78, 5) is 29.0. The second-order valence-electron chi connectivity index (χ2n) is 6.85. The normalized spacial score (nSPS) is 12.7. The number of aryl methyl sites for hydroxylation is 1. The lowest BCUT2D eigenvalue weighted by atomic mass is 10.1. The summed E-state index contributed by atoms with van der Waals surface area (Å²) in [5.41, 5.74) is 1.34. The van der Waals surface area contributed by atoms with Gasteiger partial charge in [-0.25, -0.2) is 15.0 Å². The maximum Gasteiger partial charge on any atom is 0.264 e. The van der Waals surface area contributed by atoms with Gasteiger partial charge < -0.3 is 18.9 Å². The van der Waals surface area contributed by atoms with Gasteiger partial charge in [0.15, 0.2) is 11.5 Å². The molecule has 1 aliphatic heterocycles. The molecule has 0 radical (unpaired) electrons. The summed E-state index contributed by atoms with van der Waals surface area (Å²) in [6.45, 7) is 2.80. The molecule has 0 spiro atoms. The number of benzene rings is 2. The molecule has 0 unspecified atom stereocenters. The van der Waals surface area contributed by atoms with Gasteiger partial charge in [0.2, 0.25) is 11.9 Å². The van der Waals surface area contributed by atoms with Crippen LogP contribution < -0.4 is 29.8 Å². The van der Waals surface area contributed by atoms with Crippen LogP contribution in [-0.4, -0.2) is 47.4 Å². The second-order valence-corrected chi connectivity index (χ2v) is 6.85. The molecule has 4 aromatic rings. The number of H-pyrrole nitrogens is 1. The summed E-state index contributed by atoms with van der Waals surface area (Å²) in [7, 11) is 3.00. The average molecular weight is 421 g/mol. The third kappa shape index (κ3) is 3.12. The molecule has 0 bridgehead atoms. The van der Waals surface area contributed by atoms with Crippen molar-refractivity contribution in [2.45, 2.75) is 6.92 Å². The second kappa shape index (κ2) is 7.31. The van der Waals surface area contributed by atoms with Crippen LogP contribution in [0.15, 0.2) is 29.1 Å². The standard InChI is InChI=1S/C21H19N5O5/c1-10-11-4-5-14-18(31-9-8-30-14)16(11)23-20(22-10)26-21-24-17-13(29-3)7-6-12(28-2)15(17)19(27)25-21/h4-7H,8-9H2,1-3H3,(H2,22,23,24,25,26,27). The molecule has 0 saturated heterocycles. The van der Waals surface area contributed by atoms with Crippen molar-refractivity contribution in [3.05, 3.63) is 40.3 Å². The Labute approximate surface area is 176 Å². The van der Waals surface area contributed by atoms with E-state index in [9.17, 15) is 4.79 Å². The largest absolute Gasteiger partial charge is 0.496 e. The molecule has 0 aliphatic carbocycles. The fourth-order valence-electron chi connectivity index (χ4n) is 3.60. The Morgan fingerprint density at radius 3 is 2.55 bits per heavy atom. The van der Waals surface area contributed by atoms with Crippen LogP contribution in [0.2, 0.25) is 0 Å². The number of aromatic nitrogens is 4. The first-order valence-electron chi connectivity index (χ1n) is 9.58. The van der Waals surface area contributed by atoms with Crippen LogP contribution in [0, 0.1) is 6.92 Å². The molecule has 2 aromatic carbocycles. The Kier molecular flexibility index (Phi) is 4.46. The van der Waals surface area contributed by atoms with Gasteiger partial charge in [0.05, 0.1) is 19.9 Å². The molecule has 0 fully saturated rings. The minimum Gasteiger partial charge on any atom is -0.496 e. The number of anilines is 2. The van der Waals surface area contributed by atoms with Crippen LogP contribution >= 0.6 is 0 Å². The molecular weight excluding hydrogens is 402 g/mol. The first-order chi connectivity index (χ1) is 15.1. The predicted octanol–water partition coefficient (Wildman–Crippen LogP) is 2.71. The van der Waals surface area contributed by atoms with Crippen LogP contribution in [0.3, 0.4) is 0 Å². The Balaban J connectivity index is 1.63. The van der Waals surface area contributed by atoms with E-state index in [4.69, 9.17) is 18.9 Å². The van der Waals surface area contributed by atoms with E-state index in [-0.39, 0.29) is 17.5 Å². The number of rotatable bonds is 4. The van der Waals surface area contributed by atoms with Crippen LogP contribution in [0.25, 0.3) is 21.8 Å². The highest BCUT2D eigenvalue weighted by atomic mass is 16.6. The zero-order valence-electron chi connectivity index (χ0n) is 17.1. The smallest absolute Gasteiger partial charge is 0.264 e. The maximum absolute atomic E-state index is 12.8. The predicted molar refractivity (Wildman–Crippen MR) is 114 cm³/mol. The monoisotopic (exact) mass is 421 g/mol. The van der Waals surface area contributed by atoms with Crippen molar-refractivity contribution in [3.63, 3.8) is 0 Å². The van der Waals surface area contributed by atoms with Gasteiger partial charge >= 0.3 is 0 Å². The minimum absolute atomic E-state index is 0.171. The molecular formula is C21H19N5O5. The molecule has 5 rings (SSSR count). The van der Waals surface area contributed by atoms with E-state index in [1.807, 2.05) is 19.1 Å². The van der Waals surface area contributed by atoms with Gasteiger partial charge in [-0.1, -0.05) is 0 Å². The minimum atomic E-state index is -0.380. The van der Waals surface area contributed by atoms with Gasteiger partial charge in [-0.3, -0.25) is 15.1 Å². The van der Waals surface area contributed by atoms with Crippen LogP contribution in [-0.2, 0) is 0 Å². The highest BCUT2D eigenvalue weighted by molar-refractivity contribution is 5.91. The first-order valence-corrected chi connectivity index (χ1v) is 9.58. The van der Waals surface area contributed by atoms with E-state index in [1.54, 1.807) is 12.1 Å². The average Bonchev–Trinajstić information content (AvgIpc) is 2.78. The van der Waals surface area contributed by atoms with Crippen LogP contribution in [0.4, 0.5) is 11.9 Å². The van der Waals surface area contributed by atoms with Gasteiger partial charge in [-0.05, 0) is 31.2 Å². The number of ether oxygens (including phenoxy) is 4. The quantitative estimate of drug-likeness (QED) is 0.512. The van der Waals surface area contributed by atoms with Crippen molar-refractivity contribution in [1.29, 1.82) is 0 Å². The number of aromatic amines is 1. The summed E-state index contributed by atoms with van der Waals surface area (Å²) >= 11 is 0.